The molecule has 1 atom stereocenters. The maximum Gasteiger partial charge on any atom is 0.300 e. The van der Waals surface area contributed by atoms with Crippen molar-refractivity contribution in [1.29, 1.82) is 5.26 Å². The number of pyridine rings is 1. The molecule has 2 heterocycles. The van der Waals surface area contributed by atoms with Crippen molar-refractivity contribution in [3.63, 3.8) is 0 Å². The van der Waals surface area contributed by atoms with Gasteiger partial charge in [-0.15, -0.1) is 0 Å². The van der Waals surface area contributed by atoms with Gasteiger partial charge < -0.3 is 5.11 Å². The molecule has 5 rings (SSSR count). The minimum atomic E-state index is -0.870. The monoisotopic (exact) mass is 431 g/mol. The fourth-order valence-corrected chi connectivity index (χ4v) is 4.23. The van der Waals surface area contributed by atoms with E-state index in [-0.39, 0.29) is 11.3 Å². The largest absolute Gasteiger partial charge is 0.507 e. The molecule has 0 aliphatic carbocycles. The lowest BCUT2D eigenvalue weighted by Gasteiger charge is -2.25. The normalized spacial score (nSPS) is 17.3. The zero-order chi connectivity index (χ0) is 22.9. The third-order valence-corrected chi connectivity index (χ3v) is 5.76. The Hall–Kier alpha value is -4.76. The van der Waals surface area contributed by atoms with Crippen LogP contribution in [-0.2, 0) is 9.59 Å². The van der Waals surface area contributed by atoms with Crippen molar-refractivity contribution >= 4 is 33.9 Å². The molecular weight excluding hydrogens is 414 g/mol. The van der Waals surface area contributed by atoms with Crippen LogP contribution in [0.4, 0.5) is 5.69 Å². The quantitative estimate of drug-likeness (QED) is 0.287. The molecule has 1 unspecified atom stereocenters. The molecule has 1 aromatic heterocycles. The Morgan fingerprint density at radius 2 is 1.70 bits per heavy atom. The van der Waals surface area contributed by atoms with Gasteiger partial charge in [0.1, 0.15) is 5.76 Å². The molecular formula is C27H17N3O3. The summed E-state index contributed by atoms with van der Waals surface area (Å²) in [6.45, 7) is 0. The molecule has 0 radical (unpaired) electrons. The van der Waals surface area contributed by atoms with Gasteiger partial charge in [-0.2, -0.15) is 5.26 Å². The molecule has 1 aliphatic heterocycles. The Bertz CT molecular complexity index is 1460. The number of aromatic nitrogens is 1. The first-order chi connectivity index (χ1) is 16.1. The summed E-state index contributed by atoms with van der Waals surface area (Å²) in [7, 11) is 0. The van der Waals surface area contributed by atoms with E-state index in [4.69, 9.17) is 5.26 Å². The summed E-state index contributed by atoms with van der Waals surface area (Å²) in [4.78, 5) is 32.0. The van der Waals surface area contributed by atoms with E-state index in [0.29, 0.717) is 22.4 Å². The van der Waals surface area contributed by atoms with Crippen LogP contribution in [0.3, 0.4) is 0 Å². The molecule has 33 heavy (non-hydrogen) atoms. The van der Waals surface area contributed by atoms with E-state index >= 15 is 0 Å². The number of fused-ring (bicyclic) bond motifs is 1. The lowest BCUT2D eigenvalue weighted by molar-refractivity contribution is -0.132. The van der Waals surface area contributed by atoms with Crippen LogP contribution in [0, 0.1) is 11.3 Å². The van der Waals surface area contributed by atoms with Crippen molar-refractivity contribution < 1.29 is 14.7 Å². The zero-order valence-corrected chi connectivity index (χ0v) is 17.3. The molecule has 1 saturated heterocycles. The van der Waals surface area contributed by atoms with Crippen LogP contribution in [0.5, 0.6) is 0 Å². The lowest BCUT2D eigenvalue weighted by atomic mass is 9.94. The van der Waals surface area contributed by atoms with E-state index in [1.807, 2.05) is 36.4 Å². The third kappa shape index (κ3) is 3.33. The molecule has 1 N–H and O–H groups in total. The van der Waals surface area contributed by atoms with Crippen LogP contribution in [0.25, 0.3) is 16.5 Å². The van der Waals surface area contributed by atoms with Crippen molar-refractivity contribution in [2.24, 2.45) is 0 Å². The van der Waals surface area contributed by atoms with E-state index in [0.717, 1.165) is 10.8 Å². The van der Waals surface area contributed by atoms with Gasteiger partial charge in [0.05, 0.1) is 23.2 Å². The second-order valence-corrected chi connectivity index (χ2v) is 7.64. The number of aliphatic hydroxyl groups is 1. The SMILES string of the molecule is N#Cc1ccc(N2C(=O)C(=O)/C(=C(\O)c3cccc4ccccc34)C2c2cccnc2)cc1. The van der Waals surface area contributed by atoms with Gasteiger partial charge in [-0.1, -0.05) is 48.5 Å². The van der Waals surface area contributed by atoms with E-state index in [2.05, 4.69) is 4.98 Å². The first kappa shape index (κ1) is 20.2. The van der Waals surface area contributed by atoms with Crippen molar-refractivity contribution in [2.45, 2.75) is 6.04 Å². The van der Waals surface area contributed by atoms with Crippen LogP contribution in [0.2, 0.25) is 0 Å². The van der Waals surface area contributed by atoms with Crippen LogP contribution >= 0.6 is 0 Å². The highest BCUT2D eigenvalue weighted by Gasteiger charge is 2.47. The average Bonchev–Trinajstić information content (AvgIpc) is 3.14. The molecule has 158 valence electrons. The predicted octanol–water partition coefficient (Wildman–Crippen LogP) is 4.73. The number of carbonyl (C=O) groups excluding carboxylic acids is 2. The molecule has 1 fully saturated rings. The van der Waals surface area contributed by atoms with E-state index in [1.54, 1.807) is 60.9 Å². The molecule has 0 saturated carbocycles. The third-order valence-electron chi connectivity index (χ3n) is 5.76. The number of amides is 1. The minimum absolute atomic E-state index is 0.00582. The van der Waals surface area contributed by atoms with Crippen molar-refractivity contribution in [2.75, 3.05) is 4.90 Å². The number of carbonyl (C=O) groups is 2. The summed E-state index contributed by atoms with van der Waals surface area (Å²) in [5, 5.41) is 22.2. The van der Waals surface area contributed by atoms with Crippen molar-refractivity contribution in [1.82, 2.24) is 4.98 Å². The highest BCUT2D eigenvalue weighted by Crippen LogP contribution is 2.42. The van der Waals surface area contributed by atoms with Gasteiger partial charge in [0.25, 0.3) is 11.7 Å². The number of nitriles is 1. The summed E-state index contributed by atoms with van der Waals surface area (Å²) >= 11 is 0. The van der Waals surface area contributed by atoms with Gasteiger partial charge in [0, 0.05) is 23.6 Å². The van der Waals surface area contributed by atoms with E-state index < -0.39 is 17.7 Å². The maximum absolute atomic E-state index is 13.3. The fraction of sp³-hybridized carbons (Fsp3) is 0.0370. The minimum Gasteiger partial charge on any atom is -0.507 e. The van der Waals surface area contributed by atoms with Gasteiger partial charge in [-0.3, -0.25) is 19.5 Å². The summed E-state index contributed by atoms with van der Waals surface area (Å²) in [5.74, 6) is -1.77. The molecule has 0 bridgehead atoms. The van der Waals surface area contributed by atoms with E-state index in [1.165, 1.54) is 4.90 Å². The number of hydrogen-bond donors (Lipinski definition) is 1. The van der Waals surface area contributed by atoms with Crippen LogP contribution in [0.1, 0.15) is 22.7 Å². The second-order valence-electron chi connectivity index (χ2n) is 7.64. The lowest BCUT2D eigenvalue weighted by Crippen LogP contribution is -2.29. The summed E-state index contributed by atoms with van der Waals surface area (Å²) in [6.07, 6.45) is 3.17. The van der Waals surface area contributed by atoms with Gasteiger partial charge >= 0.3 is 0 Å². The zero-order valence-electron chi connectivity index (χ0n) is 17.3. The Balaban J connectivity index is 1.76. The Morgan fingerprint density at radius 1 is 0.939 bits per heavy atom. The standard InChI is InChI=1S/C27H17N3O3/c28-15-17-10-12-20(13-11-17)30-24(19-7-4-14-29-16-19)23(26(32)27(30)33)25(31)22-9-3-6-18-5-1-2-8-21(18)22/h1-14,16,24,31H/b25-23-. The van der Waals surface area contributed by atoms with Gasteiger partial charge in [-0.25, -0.2) is 0 Å². The highest BCUT2D eigenvalue weighted by atomic mass is 16.3. The van der Waals surface area contributed by atoms with Gasteiger partial charge in [0.2, 0.25) is 0 Å². The fourth-order valence-electron chi connectivity index (χ4n) is 4.23. The maximum atomic E-state index is 13.3. The Morgan fingerprint density at radius 3 is 2.42 bits per heavy atom. The number of aliphatic hydroxyl groups excluding tert-OH is 1. The molecule has 1 amide bonds. The highest BCUT2D eigenvalue weighted by molar-refractivity contribution is 6.51. The average molecular weight is 431 g/mol. The van der Waals surface area contributed by atoms with Crippen LogP contribution < -0.4 is 4.90 Å². The van der Waals surface area contributed by atoms with Gasteiger partial charge in [0.15, 0.2) is 0 Å². The van der Waals surface area contributed by atoms with Crippen LogP contribution in [0.15, 0.2) is 96.8 Å². The topological polar surface area (TPSA) is 94.3 Å². The summed E-state index contributed by atoms with van der Waals surface area (Å²) in [6, 6.07) is 24.0. The number of rotatable bonds is 3. The summed E-state index contributed by atoms with van der Waals surface area (Å²) in [5.41, 5.74) is 1.93. The number of benzene rings is 3. The molecule has 4 aromatic rings. The Labute approximate surface area is 189 Å². The second kappa shape index (κ2) is 8.06. The summed E-state index contributed by atoms with van der Waals surface area (Å²) < 4.78 is 0. The Kier molecular flexibility index (Phi) is 4.92. The molecule has 6 heteroatoms. The number of nitrogens with zero attached hydrogens (tertiary/aromatic N) is 3. The number of hydrogen-bond acceptors (Lipinski definition) is 5. The predicted molar refractivity (Wildman–Crippen MR) is 124 cm³/mol. The molecule has 0 spiro atoms. The molecule has 3 aromatic carbocycles. The number of anilines is 1. The van der Waals surface area contributed by atoms with Crippen LogP contribution in [-0.4, -0.2) is 21.8 Å². The molecule has 6 nitrogen and oxygen atoms in total. The number of Topliss-reactive ketones (excluding diaryl/α,β-unsaturated/α-hetero) is 1. The van der Waals surface area contributed by atoms with Gasteiger partial charge in [-0.05, 0) is 46.7 Å². The van der Waals surface area contributed by atoms with E-state index in [9.17, 15) is 14.7 Å². The smallest absolute Gasteiger partial charge is 0.300 e. The first-order valence-corrected chi connectivity index (χ1v) is 10.3. The first-order valence-electron chi connectivity index (χ1n) is 10.3. The molecule has 1 aliphatic rings. The number of ketones is 1. The van der Waals surface area contributed by atoms with Crippen molar-refractivity contribution in [3.8, 4) is 6.07 Å². The van der Waals surface area contributed by atoms with Crippen molar-refractivity contribution in [3.05, 3.63) is 114 Å².